The van der Waals surface area contributed by atoms with Gasteiger partial charge < -0.3 is 16.4 Å². The summed E-state index contributed by atoms with van der Waals surface area (Å²) in [6.07, 6.45) is 0. The number of nitrogens with two attached hydrogens (primary N) is 1. The predicted molar refractivity (Wildman–Crippen MR) is 71.7 cm³/mol. The highest BCUT2D eigenvalue weighted by Crippen LogP contribution is 2.20. The lowest BCUT2D eigenvalue weighted by molar-refractivity contribution is -0.384. The van der Waals surface area contributed by atoms with E-state index in [1.807, 2.05) is 20.8 Å². The van der Waals surface area contributed by atoms with Crippen LogP contribution in [0.4, 0.5) is 17.3 Å². The number of nitro groups is 1. The second kappa shape index (κ2) is 5.51. The van der Waals surface area contributed by atoms with Crippen LogP contribution < -0.4 is 16.4 Å². The van der Waals surface area contributed by atoms with E-state index in [0.29, 0.717) is 5.82 Å². The number of hydrogen-bond acceptors (Lipinski definition) is 6. The normalized spacial score (nSPS) is 10.9. The molecule has 0 fully saturated rings. The molecule has 1 rings (SSSR count). The van der Waals surface area contributed by atoms with Crippen molar-refractivity contribution in [2.45, 2.75) is 26.3 Å². The number of amides is 1. The van der Waals surface area contributed by atoms with E-state index in [9.17, 15) is 14.9 Å². The number of aromatic nitrogens is 1. The van der Waals surface area contributed by atoms with Gasteiger partial charge in [0.1, 0.15) is 5.82 Å². The molecule has 0 aliphatic heterocycles. The van der Waals surface area contributed by atoms with Gasteiger partial charge in [0.05, 0.1) is 11.5 Å². The summed E-state index contributed by atoms with van der Waals surface area (Å²) >= 11 is 0. The summed E-state index contributed by atoms with van der Waals surface area (Å²) in [5.74, 6) is -0.0791. The third-order valence-electron chi connectivity index (χ3n) is 2.04. The average molecular weight is 267 g/mol. The van der Waals surface area contributed by atoms with E-state index < -0.39 is 4.92 Å². The number of nitrogens with zero attached hydrogens (tertiary/aromatic N) is 2. The molecule has 1 heterocycles. The van der Waals surface area contributed by atoms with Crippen LogP contribution in [0.25, 0.3) is 0 Å². The third kappa shape index (κ3) is 4.78. The van der Waals surface area contributed by atoms with Crippen molar-refractivity contribution >= 4 is 23.2 Å². The number of carbonyl (C=O) groups is 1. The summed E-state index contributed by atoms with van der Waals surface area (Å²) in [6.45, 7) is 5.62. The molecule has 104 valence electrons. The Bertz CT molecular complexity index is 496. The Kier molecular flexibility index (Phi) is 4.26. The lowest BCUT2D eigenvalue weighted by Gasteiger charge is -2.20. The molecule has 8 heteroatoms. The molecule has 1 amide bonds. The second-order valence-electron chi connectivity index (χ2n) is 5.01. The maximum absolute atomic E-state index is 11.6. The molecule has 0 spiro atoms. The van der Waals surface area contributed by atoms with Gasteiger partial charge in [0.2, 0.25) is 11.7 Å². The molecule has 4 N–H and O–H groups in total. The van der Waals surface area contributed by atoms with Gasteiger partial charge in [0, 0.05) is 11.6 Å². The zero-order valence-electron chi connectivity index (χ0n) is 11.1. The molecular formula is C11H17N5O3. The Hall–Kier alpha value is -2.38. The quantitative estimate of drug-likeness (QED) is 0.550. The van der Waals surface area contributed by atoms with Gasteiger partial charge in [0.15, 0.2) is 0 Å². The summed E-state index contributed by atoms with van der Waals surface area (Å²) < 4.78 is 0. The number of rotatable bonds is 4. The average Bonchev–Trinajstić information content (AvgIpc) is 2.23. The van der Waals surface area contributed by atoms with E-state index in [0.717, 1.165) is 0 Å². The van der Waals surface area contributed by atoms with Crippen LogP contribution in [0, 0.1) is 10.1 Å². The first-order chi connectivity index (χ1) is 8.69. The fraction of sp³-hybridized carbons (Fsp3) is 0.455. The van der Waals surface area contributed by atoms with Crippen LogP contribution in [0.5, 0.6) is 0 Å². The highest BCUT2D eigenvalue weighted by molar-refractivity contribution is 5.81. The van der Waals surface area contributed by atoms with Crippen molar-refractivity contribution in [3.05, 3.63) is 22.2 Å². The number of pyridine rings is 1. The maximum atomic E-state index is 11.6. The summed E-state index contributed by atoms with van der Waals surface area (Å²) in [6, 6.07) is 2.64. The minimum atomic E-state index is -0.613. The second-order valence-corrected chi connectivity index (χ2v) is 5.01. The lowest BCUT2D eigenvalue weighted by atomic mass is 10.1. The largest absolute Gasteiger partial charge is 0.378 e. The molecule has 0 radical (unpaired) electrons. The van der Waals surface area contributed by atoms with Gasteiger partial charge in [0.25, 0.3) is 0 Å². The van der Waals surface area contributed by atoms with Crippen molar-refractivity contribution in [3.63, 3.8) is 0 Å². The standard InChI is InChI=1S/C11H17N5O3/c1-11(2,3)15-9(17)6-13-8-5-4-7(16(18)19)10(12)14-8/h4-5H,6H2,1-3H3,(H,15,17)(H3,12,13,14). The van der Waals surface area contributed by atoms with Crippen LogP contribution in [-0.4, -0.2) is 27.9 Å². The maximum Gasteiger partial charge on any atom is 0.311 e. The van der Waals surface area contributed by atoms with Gasteiger partial charge in [-0.1, -0.05) is 0 Å². The van der Waals surface area contributed by atoms with Crippen molar-refractivity contribution < 1.29 is 9.72 Å². The molecule has 0 unspecified atom stereocenters. The minimum Gasteiger partial charge on any atom is -0.378 e. The molecule has 0 bridgehead atoms. The fourth-order valence-electron chi connectivity index (χ4n) is 1.35. The smallest absolute Gasteiger partial charge is 0.311 e. The van der Waals surface area contributed by atoms with Gasteiger partial charge in [-0.25, -0.2) is 4.98 Å². The molecule has 0 saturated heterocycles. The molecule has 0 aromatic carbocycles. The third-order valence-corrected chi connectivity index (χ3v) is 2.04. The summed E-state index contributed by atoms with van der Waals surface area (Å²) in [5, 5.41) is 16.1. The molecule has 1 aromatic rings. The van der Waals surface area contributed by atoms with E-state index in [1.54, 1.807) is 0 Å². The van der Waals surface area contributed by atoms with Crippen molar-refractivity contribution in [2.75, 3.05) is 17.6 Å². The number of nitrogens with one attached hydrogen (secondary N) is 2. The van der Waals surface area contributed by atoms with E-state index >= 15 is 0 Å². The van der Waals surface area contributed by atoms with Crippen molar-refractivity contribution in [1.29, 1.82) is 0 Å². The van der Waals surface area contributed by atoms with Gasteiger partial charge in [-0.05, 0) is 26.8 Å². The number of nitrogen functional groups attached to an aromatic ring is 1. The molecule has 0 atom stereocenters. The number of carbonyl (C=O) groups excluding carboxylic acids is 1. The Morgan fingerprint density at radius 3 is 2.58 bits per heavy atom. The van der Waals surface area contributed by atoms with E-state index in [1.165, 1.54) is 12.1 Å². The lowest BCUT2D eigenvalue weighted by Crippen LogP contribution is -2.43. The first-order valence-corrected chi connectivity index (χ1v) is 5.65. The molecule has 0 aliphatic carbocycles. The SMILES string of the molecule is CC(C)(C)NC(=O)CNc1ccc([N+](=O)[O-])c(N)n1. The fourth-order valence-corrected chi connectivity index (χ4v) is 1.35. The summed E-state index contributed by atoms with van der Waals surface area (Å²) in [5.41, 5.74) is 4.86. The van der Waals surface area contributed by atoms with Crippen LogP contribution in [0.1, 0.15) is 20.8 Å². The minimum absolute atomic E-state index is 0.0154. The Morgan fingerprint density at radius 2 is 2.11 bits per heavy atom. The first-order valence-electron chi connectivity index (χ1n) is 5.65. The van der Waals surface area contributed by atoms with E-state index in [4.69, 9.17) is 5.73 Å². The van der Waals surface area contributed by atoms with Crippen molar-refractivity contribution in [1.82, 2.24) is 10.3 Å². The molecular weight excluding hydrogens is 250 g/mol. The van der Waals surface area contributed by atoms with E-state index in [2.05, 4.69) is 15.6 Å². The monoisotopic (exact) mass is 267 g/mol. The summed E-state index contributed by atoms with van der Waals surface area (Å²) in [7, 11) is 0. The van der Waals surface area contributed by atoms with Gasteiger partial charge >= 0.3 is 5.69 Å². The first kappa shape index (κ1) is 14.7. The Balaban J connectivity index is 2.62. The van der Waals surface area contributed by atoms with Crippen LogP contribution in [-0.2, 0) is 4.79 Å². The predicted octanol–water partition coefficient (Wildman–Crippen LogP) is 0.899. The molecule has 1 aromatic heterocycles. The molecule has 0 saturated carbocycles. The van der Waals surface area contributed by atoms with Gasteiger partial charge in [-0.15, -0.1) is 0 Å². The van der Waals surface area contributed by atoms with Crippen molar-refractivity contribution in [2.24, 2.45) is 0 Å². The molecule has 8 nitrogen and oxygen atoms in total. The van der Waals surface area contributed by atoms with Crippen LogP contribution in [0.2, 0.25) is 0 Å². The van der Waals surface area contributed by atoms with Gasteiger partial charge in [-0.3, -0.25) is 14.9 Å². The highest BCUT2D eigenvalue weighted by atomic mass is 16.6. The van der Waals surface area contributed by atoms with Crippen LogP contribution in [0.3, 0.4) is 0 Å². The topological polar surface area (TPSA) is 123 Å². The van der Waals surface area contributed by atoms with Crippen molar-refractivity contribution in [3.8, 4) is 0 Å². The van der Waals surface area contributed by atoms with Gasteiger partial charge in [-0.2, -0.15) is 0 Å². The van der Waals surface area contributed by atoms with Crippen LogP contribution >= 0.6 is 0 Å². The van der Waals surface area contributed by atoms with E-state index in [-0.39, 0.29) is 29.5 Å². The summed E-state index contributed by atoms with van der Waals surface area (Å²) in [4.78, 5) is 25.3. The number of anilines is 2. The Labute approximate surface area is 110 Å². The molecule has 0 aliphatic rings. The zero-order chi connectivity index (χ0) is 14.6. The van der Waals surface area contributed by atoms with Crippen LogP contribution in [0.15, 0.2) is 12.1 Å². The highest BCUT2D eigenvalue weighted by Gasteiger charge is 2.15. The zero-order valence-corrected chi connectivity index (χ0v) is 11.1. The Morgan fingerprint density at radius 1 is 1.47 bits per heavy atom. The number of hydrogen-bond donors (Lipinski definition) is 3. The molecule has 19 heavy (non-hydrogen) atoms.